The number of imide groups is 1. The lowest BCUT2D eigenvalue weighted by molar-refractivity contribution is 0.0427. The van der Waals surface area contributed by atoms with Crippen molar-refractivity contribution in [3.63, 3.8) is 0 Å². The van der Waals surface area contributed by atoms with E-state index >= 15 is 0 Å². The number of halogens is 4. The van der Waals surface area contributed by atoms with E-state index in [1.54, 1.807) is 47.6 Å². The Morgan fingerprint density at radius 3 is 1.94 bits per heavy atom. The number of carbonyl (C=O) groups is 2. The lowest BCUT2D eigenvalue weighted by Crippen LogP contribution is -2.44. The Morgan fingerprint density at radius 1 is 0.938 bits per heavy atom. The average molecular weight is 570 g/mol. The highest BCUT2D eigenvalue weighted by atomic mass is 79.9. The van der Waals surface area contributed by atoms with Crippen LogP contribution in [0.5, 0.6) is 11.6 Å². The molecular formula is C20H21BrCl3N3O5. The molecule has 0 atom stereocenters. The van der Waals surface area contributed by atoms with Gasteiger partial charge in [-0.15, -0.1) is 0 Å². The minimum atomic E-state index is -1.06. The van der Waals surface area contributed by atoms with Crippen LogP contribution in [-0.4, -0.2) is 33.4 Å². The van der Waals surface area contributed by atoms with Crippen molar-refractivity contribution in [3.05, 3.63) is 38.0 Å². The van der Waals surface area contributed by atoms with Crippen molar-refractivity contribution >= 4 is 68.7 Å². The normalized spacial score (nSPS) is 11.7. The van der Waals surface area contributed by atoms with Crippen LogP contribution in [0.4, 0.5) is 15.4 Å². The van der Waals surface area contributed by atoms with Crippen molar-refractivity contribution in [1.82, 2.24) is 9.97 Å². The van der Waals surface area contributed by atoms with Gasteiger partial charge >= 0.3 is 12.2 Å². The molecule has 32 heavy (non-hydrogen) atoms. The van der Waals surface area contributed by atoms with Gasteiger partial charge in [0.05, 0.1) is 5.02 Å². The molecule has 8 nitrogen and oxygen atoms in total. The van der Waals surface area contributed by atoms with Crippen LogP contribution >= 0.6 is 50.7 Å². The summed E-state index contributed by atoms with van der Waals surface area (Å²) in [5, 5.41) is 0.416. The second kappa shape index (κ2) is 9.99. The Labute approximate surface area is 209 Å². The third kappa shape index (κ3) is 7.37. The summed E-state index contributed by atoms with van der Waals surface area (Å²) in [5.74, 6) is -0.468. The molecule has 0 bridgehead atoms. The van der Waals surface area contributed by atoms with E-state index in [2.05, 4.69) is 25.9 Å². The molecule has 0 aliphatic heterocycles. The molecule has 174 valence electrons. The molecule has 0 aliphatic rings. The first-order valence-electron chi connectivity index (χ1n) is 9.19. The number of amides is 2. The van der Waals surface area contributed by atoms with Gasteiger partial charge in [-0.25, -0.2) is 14.6 Å². The van der Waals surface area contributed by atoms with Gasteiger partial charge in [0.1, 0.15) is 21.6 Å². The number of hydrogen-bond donors (Lipinski definition) is 0. The molecule has 0 radical (unpaired) electrons. The molecule has 2 rings (SSSR count). The van der Waals surface area contributed by atoms with Crippen LogP contribution in [0.3, 0.4) is 0 Å². The quantitative estimate of drug-likeness (QED) is 0.375. The van der Waals surface area contributed by atoms with Crippen molar-refractivity contribution in [2.75, 3.05) is 4.90 Å². The molecule has 1 aromatic heterocycles. The Balaban J connectivity index is 2.63. The minimum Gasteiger partial charge on any atom is -0.443 e. The molecule has 0 fully saturated rings. The first-order chi connectivity index (χ1) is 14.6. The summed E-state index contributed by atoms with van der Waals surface area (Å²) in [5.41, 5.74) is -1.85. The number of carbonyl (C=O) groups excluding carboxylic acids is 2. The highest BCUT2D eigenvalue weighted by molar-refractivity contribution is 9.10. The van der Waals surface area contributed by atoms with Gasteiger partial charge in [-0.2, -0.15) is 9.88 Å². The van der Waals surface area contributed by atoms with Crippen LogP contribution in [0.15, 0.2) is 22.8 Å². The van der Waals surface area contributed by atoms with E-state index in [1.165, 1.54) is 12.1 Å². The van der Waals surface area contributed by atoms with Gasteiger partial charge in [-0.05, 0) is 75.7 Å². The maximum Gasteiger partial charge on any atom is 0.425 e. The number of benzene rings is 1. The molecule has 0 saturated heterocycles. The van der Waals surface area contributed by atoms with Gasteiger partial charge in [-0.3, -0.25) is 0 Å². The molecule has 0 spiro atoms. The monoisotopic (exact) mass is 567 g/mol. The number of ether oxygens (including phenoxy) is 3. The number of hydrogen-bond acceptors (Lipinski definition) is 7. The van der Waals surface area contributed by atoms with E-state index in [4.69, 9.17) is 49.0 Å². The zero-order valence-electron chi connectivity index (χ0n) is 18.1. The predicted octanol–water partition coefficient (Wildman–Crippen LogP) is 7.67. The van der Waals surface area contributed by atoms with Crippen LogP contribution in [-0.2, 0) is 9.47 Å². The first kappa shape index (κ1) is 26.4. The molecule has 0 N–H and O–H groups in total. The second-order valence-corrected chi connectivity index (χ2v) is 10.4. The van der Waals surface area contributed by atoms with Gasteiger partial charge in [0, 0.05) is 5.02 Å². The Bertz CT molecular complexity index is 1010. The number of aromatic nitrogens is 2. The fraction of sp³-hybridized carbons (Fsp3) is 0.400. The summed E-state index contributed by atoms with van der Waals surface area (Å²) in [7, 11) is 0. The van der Waals surface area contributed by atoms with Crippen molar-refractivity contribution in [3.8, 4) is 11.6 Å². The second-order valence-electron chi connectivity index (χ2n) is 8.41. The number of anilines is 1. The topological polar surface area (TPSA) is 90.9 Å². The molecule has 0 unspecified atom stereocenters. The minimum absolute atomic E-state index is 0.108. The van der Waals surface area contributed by atoms with Crippen molar-refractivity contribution in [1.29, 1.82) is 0 Å². The van der Waals surface area contributed by atoms with Crippen LogP contribution < -0.4 is 9.64 Å². The van der Waals surface area contributed by atoms with E-state index in [1.807, 2.05) is 0 Å². The zero-order valence-corrected chi connectivity index (χ0v) is 22.0. The Hall–Kier alpha value is -1.81. The standard InChI is InChI=1S/C20H21BrCl3N3O5/c1-19(2,3)31-17(28)27(18(29)32-20(4,5)6)15-16(25-13(21)14(24)26-15)30-12-8-7-10(22)9-11(12)23/h7-9H,1-6H3. The van der Waals surface area contributed by atoms with E-state index in [-0.39, 0.29) is 32.2 Å². The smallest absolute Gasteiger partial charge is 0.425 e. The van der Waals surface area contributed by atoms with Gasteiger partial charge in [0.15, 0.2) is 5.15 Å². The van der Waals surface area contributed by atoms with E-state index in [0.29, 0.717) is 9.92 Å². The van der Waals surface area contributed by atoms with Crippen molar-refractivity contribution in [2.24, 2.45) is 0 Å². The third-order valence-electron chi connectivity index (χ3n) is 3.23. The molecular weight excluding hydrogens is 548 g/mol. The van der Waals surface area contributed by atoms with Crippen LogP contribution in [0.25, 0.3) is 0 Å². The fourth-order valence-electron chi connectivity index (χ4n) is 2.11. The molecule has 0 aliphatic carbocycles. The van der Waals surface area contributed by atoms with Gasteiger partial charge in [0.2, 0.25) is 5.82 Å². The van der Waals surface area contributed by atoms with Crippen molar-refractivity contribution < 1.29 is 23.8 Å². The zero-order chi connectivity index (χ0) is 24.4. The molecule has 2 amide bonds. The van der Waals surface area contributed by atoms with E-state index in [0.717, 1.165) is 0 Å². The summed E-state index contributed by atoms with van der Waals surface area (Å²) in [4.78, 5) is 34.8. The van der Waals surface area contributed by atoms with Gasteiger partial charge in [-0.1, -0.05) is 34.8 Å². The average Bonchev–Trinajstić information content (AvgIpc) is 2.58. The van der Waals surface area contributed by atoms with Gasteiger partial charge < -0.3 is 14.2 Å². The predicted molar refractivity (Wildman–Crippen MR) is 126 cm³/mol. The van der Waals surface area contributed by atoms with Gasteiger partial charge in [0.25, 0.3) is 5.88 Å². The molecule has 12 heteroatoms. The molecule has 1 heterocycles. The maximum atomic E-state index is 13.0. The summed E-state index contributed by atoms with van der Waals surface area (Å²) >= 11 is 21.4. The highest BCUT2D eigenvalue weighted by Crippen LogP contribution is 2.37. The van der Waals surface area contributed by atoms with E-state index in [9.17, 15) is 9.59 Å². The molecule has 0 saturated carbocycles. The number of rotatable bonds is 3. The fourth-order valence-corrected chi connectivity index (χ4v) is 2.93. The summed E-state index contributed by atoms with van der Waals surface area (Å²) < 4.78 is 16.6. The van der Waals surface area contributed by atoms with E-state index < -0.39 is 23.4 Å². The third-order valence-corrected chi connectivity index (χ3v) is 4.80. The van der Waals surface area contributed by atoms with Crippen LogP contribution in [0.2, 0.25) is 15.2 Å². The van der Waals surface area contributed by atoms with Crippen LogP contribution in [0, 0.1) is 0 Å². The van der Waals surface area contributed by atoms with Crippen LogP contribution in [0.1, 0.15) is 41.5 Å². The maximum absolute atomic E-state index is 13.0. The van der Waals surface area contributed by atoms with Crippen molar-refractivity contribution in [2.45, 2.75) is 52.7 Å². The Morgan fingerprint density at radius 2 is 1.47 bits per heavy atom. The molecule has 2 aromatic rings. The molecule has 1 aromatic carbocycles. The lowest BCUT2D eigenvalue weighted by atomic mass is 10.2. The highest BCUT2D eigenvalue weighted by Gasteiger charge is 2.37. The summed E-state index contributed by atoms with van der Waals surface area (Å²) in [6, 6.07) is 4.49. The Kier molecular flexibility index (Phi) is 8.25. The lowest BCUT2D eigenvalue weighted by Gasteiger charge is -2.28. The first-order valence-corrected chi connectivity index (χ1v) is 11.1. The summed E-state index contributed by atoms with van der Waals surface area (Å²) in [6.07, 6.45) is -2.13. The number of nitrogens with zero attached hydrogens (tertiary/aromatic N) is 3. The SMILES string of the molecule is CC(C)(C)OC(=O)N(C(=O)OC(C)(C)C)c1nc(Cl)c(Br)nc1Oc1ccc(Cl)cc1Cl. The largest absolute Gasteiger partial charge is 0.443 e. The summed E-state index contributed by atoms with van der Waals surface area (Å²) in [6.45, 7) is 9.85.